The highest BCUT2D eigenvalue weighted by Crippen LogP contribution is 2.26. The van der Waals surface area contributed by atoms with E-state index in [4.69, 9.17) is 0 Å². The van der Waals surface area contributed by atoms with Gasteiger partial charge in [-0.2, -0.15) is 0 Å². The highest BCUT2D eigenvalue weighted by Gasteiger charge is 2.34. The highest BCUT2D eigenvalue weighted by molar-refractivity contribution is 5.80. The van der Waals surface area contributed by atoms with E-state index in [2.05, 4.69) is 12.2 Å². The van der Waals surface area contributed by atoms with Gasteiger partial charge < -0.3 is 10.2 Å². The number of hydrogen-bond donors (Lipinski definition) is 1. The van der Waals surface area contributed by atoms with Crippen LogP contribution in [0, 0.1) is 17.7 Å². The van der Waals surface area contributed by atoms with E-state index in [-0.39, 0.29) is 23.7 Å². The summed E-state index contributed by atoms with van der Waals surface area (Å²) in [4.78, 5) is 14.6. The van der Waals surface area contributed by atoms with E-state index in [0.29, 0.717) is 12.5 Å². The molecule has 3 nitrogen and oxygen atoms in total. The molecule has 110 valence electrons. The summed E-state index contributed by atoms with van der Waals surface area (Å²) in [7, 11) is 0. The monoisotopic (exact) mass is 278 g/mol. The van der Waals surface area contributed by atoms with Crippen LogP contribution in [0.2, 0.25) is 0 Å². The maximum absolute atomic E-state index is 13.0. The molecule has 20 heavy (non-hydrogen) atoms. The summed E-state index contributed by atoms with van der Waals surface area (Å²) in [5.41, 5.74) is 0.972. The molecule has 4 heteroatoms. The van der Waals surface area contributed by atoms with Crippen molar-refractivity contribution in [1.29, 1.82) is 0 Å². The number of carbonyl (C=O) groups is 1. The molecule has 0 aliphatic carbocycles. The Morgan fingerprint density at radius 1 is 1.40 bits per heavy atom. The Labute approximate surface area is 120 Å². The smallest absolute Gasteiger partial charge is 0.227 e. The third-order valence-corrected chi connectivity index (χ3v) is 4.28. The van der Waals surface area contributed by atoms with Crippen LogP contribution in [0.4, 0.5) is 4.39 Å². The zero-order valence-corrected chi connectivity index (χ0v) is 12.4. The number of nitrogens with one attached hydrogen (secondary N) is 1. The van der Waals surface area contributed by atoms with Gasteiger partial charge in [0.25, 0.3) is 0 Å². The quantitative estimate of drug-likeness (QED) is 0.918. The van der Waals surface area contributed by atoms with Crippen LogP contribution in [-0.4, -0.2) is 30.4 Å². The molecule has 1 aromatic carbocycles. The Balaban J connectivity index is 2.14. The molecule has 3 atom stereocenters. The molecule has 1 unspecified atom stereocenters. The van der Waals surface area contributed by atoms with Crippen molar-refractivity contribution in [2.75, 3.05) is 19.6 Å². The van der Waals surface area contributed by atoms with Crippen molar-refractivity contribution >= 4 is 5.91 Å². The van der Waals surface area contributed by atoms with Crippen LogP contribution in [0.3, 0.4) is 0 Å². The van der Waals surface area contributed by atoms with Gasteiger partial charge in [0.2, 0.25) is 5.91 Å². The van der Waals surface area contributed by atoms with Crippen molar-refractivity contribution < 1.29 is 9.18 Å². The predicted molar refractivity (Wildman–Crippen MR) is 77.7 cm³/mol. The number of nitrogens with zero attached hydrogens (tertiary/aromatic N) is 1. The van der Waals surface area contributed by atoms with Gasteiger partial charge in [0.05, 0.1) is 12.0 Å². The van der Waals surface area contributed by atoms with E-state index >= 15 is 0 Å². The molecule has 1 N–H and O–H groups in total. The van der Waals surface area contributed by atoms with E-state index in [9.17, 15) is 9.18 Å². The van der Waals surface area contributed by atoms with Crippen molar-refractivity contribution in [2.45, 2.75) is 26.8 Å². The molecule has 0 radical (unpaired) electrons. The Kier molecular flexibility index (Phi) is 4.76. The number of halogens is 1. The van der Waals surface area contributed by atoms with Gasteiger partial charge in [-0.1, -0.05) is 19.1 Å². The molecule has 0 spiro atoms. The average Bonchev–Trinajstić information content (AvgIpc) is 2.86. The Bertz CT molecular complexity index is 460. The standard InChI is InChI=1S/C16H23FN2O/c1-4-19(16(20)15-10-18-9-11(15)2)12(3)13-5-7-14(17)8-6-13/h5-8,11-12,15,18H,4,9-10H2,1-3H3/t11-,12?,15-/m1/s1. The first-order valence-corrected chi connectivity index (χ1v) is 7.31. The number of rotatable bonds is 4. The summed E-state index contributed by atoms with van der Waals surface area (Å²) in [6, 6.07) is 6.38. The molecule has 0 aromatic heterocycles. The van der Waals surface area contributed by atoms with Gasteiger partial charge in [0.15, 0.2) is 0 Å². The maximum atomic E-state index is 13.0. The first kappa shape index (κ1) is 15.0. The second-order valence-electron chi connectivity index (χ2n) is 5.59. The summed E-state index contributed by atoms with van der Waals surface area (Å²) in [6.07, 6.45) is 0. The molecule has 1 saturated heterocycles. The predicted octanol–water partition coefficient (Wildman–Crippen LogP) is 2.59. The lowest BCUT2D eigenvalue weighted by Crippen LogP contribution is -2.40. The van der Waals surface area contributed by atoms with Crippen LogP contribution >= 0.6 is 0 Å². The van der Waals surface area contributed by atoms with Crippen LogP contribution in [0.15, 0.2) is 24.3 Å². The molecular formula is C16H23FN2O. The van der Waals surface area contributed by atoms with Crippen LogP contribution in [-0.2, 0) is 4.79 Å². The second kappa shape index (κ2) is 6.35. The minimum absolute atomic E-state index is 0.0269. The topological polar surface area (TPSA) is 32.3 Å². The van der Waals surface area contributed by atoms with Gasteiger partial charge in [-0.05, 0) is 44.0 Å². The fourth-order valence-electron chi connectivity index (χ4n) is 2.90. The highest BCUT2D eigenvalue weighted by atomic mass is 19.1. The van der Waals surface area contributed by atoms with Crippen LogP contribution in [0.25, 0.3) is 0 Å². The average molecular weight is 278 g/mol. The summed E-state index contributed by atoms with van der Waals surface area (Å²) < 4.78 is 13.0. The van der Waals surface area contributed by atoms with Gasteiger partial charge in [0, 0.05) is 13.1 Å². The lowest BCUT2D eigenvalue weighted by atomic mass is 9.95. The third-order valence-electron chi connectivity index (χ3n) is 4.28. The SMILES string of the molecule is CCN(C(=O)[C@@H]1CNC[C@H]1C)C(C)c1ccc(F)cc1. The summed E-state index contributed by atoms with van der Waals surface area (Å²) in [5, 5.41) is 3.27. The van der Waals surface area contributed by atoms with E-state index in [1.54, 1.807) is 12.1 Å². The van der Waals surface area contributed by atoms with Gasteiger partial charge >= 0.3 is 0 Å². The molecule has 1 aliphatic rings. The van der Waals surface area contributed by atoms with Gasteiger partial charge in [-0.25, -0.2) is 4.39 Å². The van der Waals surface area contributed by atoms with E-state index in [1.165, 1.54) is 12.1 Å². The molecule has 1 amide bonds. The largest absolute Gasteiger partial charge is 0.336 e. The Morgan fingerprint density at radius 3 is 2.55 bits per heavy atom. The van der Waals surface area contributed by atoms with Crippen LogP contribution < -0.4 is 5.32 Å². The summed E-state index contributed by atoms with van der Waals surface area (Å²) >= 11 is 0. The normalized spacial score (nSPS) is 23.6. The fourth-order valence-corrected chi connectivity index (χ4v) is 2.90. The maximum Gasteiger partial charge on any atom is 0.227 e. The Morgan fingerprint density at radius 2 is 2.05 bits per heavy atom. The molecule has 1 aliphatic heterocycles. The Hall–Kier alpha value is -1.42. The molecule has 1 aromatic rings. The van der Waals surface area contributed by atoms with Gasteiger partial charge in [0.1, 0.15) is 5.82 Å². The van der Waals surface area contributed by atoms with E-state index < -0.39 is 0 Å². The van der Waals surface area contributed by atoms with Crippen molar-refractivity contribution in [3.63, 3.8) is 0 Å². The van der Waals surface area contributed by atoms with Crippen molar-refractivity contribution in [1.82, 2.24) is 10.2 Å². The first-order valence-electron chi connectivity index (χ1n) is 7.31. The zero-order valence-electron chi connectivity index (χ0n) is 12.4. The first-order chi connectivity index (χ1) is 9.54. The van der Waals surface area contributed by atoms with Crippen molar-refractivity contribution in [3.05, 3.63) is 35.6 Å². The van der Waals surface area contributed by atoms with E-state index in [0.717, 1.165) is 18.7 Å². The lowest BCUT2D eigenvalue weighted by Gasteiger charge is -2.31. The minimum atomic E-state index is -0.246. The fraction of sp³-hybridized carbons (Fsp3) is 0.562. The van der Waals surface area contributed by atoms with Crippen LogP contribution in [0.5, 0.6) is 0 Å². The number of hydrogen-bond acceptors (Lipinski definition) is 2. The summed E-state index contributed by atoms with van der Waals surface area (Å²) in [5.74, 6) is 0.376. The lowest BCUT2D eigenvalue weighted by molar-refractivity contribution is -0.138. The zero-order chi connectivity index (χ0) is 14.7. The van der Waals surface area contributed by atoms with Crippen molar-refractivity contribution in [3.8, 4) is 0 Å². The molecule has 0 bridgehead atoms. The number of benzene rings is 1. The summed E-state index contributed by atoms with van der Waals surface area (Å²) in [6.45, 7) is 8.43. The van der Waals surface area contributed by atoms with Gasteiger partial charge in [-0.3, -0.25) is 4.79 Å². The molecule has 0 saturated carbocycles. The number of amides is 1. The molecule has 2 rings (SSSR count). The second-order valence-corrected chi connectivity index (χ2v) is 5.59. The molecular weight excluding hydrogens is 255 g/mol. The van der Waals surface area contributed by atoms with Crippen molar-refractivity contribution in [2.24, 2.45) is 11.8 Å². The third kappa shape index (κ3) is 3.01. The van der Waals surface area contributed by atoms with Crippen LogP contribution in [0.1, 0.15) is 32.4 Å². The van der Waals surface area contributed by atoms with Gasteiger partial charge in [-0.15, -0.1) is 0 Å². The molecule has 1 heterocycles. The van der Waals surface area contributed by atoms with E-state index in [1.807, 2.05) is 18.7 Å². The number of carbonyl (C=O) groups excluding carboxylic acids is 1. The minimum Gasteiger partial charge on any atom is -0.336 e. The molecule has 1 fully saturated rings.